The maximum absolute atomic E-state index is 14.2. The molecule has 2 N–H and O–H groups in total. The Morgan fingerprint density at radius 3 is 2.17 bits per heavy atom. The summed E-state index contributed by atoms with van der Waals surface area (Å²) < 4.78 is 27.5. The zero-order valence-corrected chi connectivity index (χ0v) is 12.2. The summed E-state index contributed by atoms with van der Waals surface area (Å²) in [6, 6.07) is 18.7. The lowest BCUT2D eigenvalue weighted by molar-refractivity contribution is 0.625. The molecule has 0 atom stereocenters. The lowest BCUT2D eigenvalue weighted by atomic mass is 10.0. The summed E-state index contributed by atoms with van der Waals surface area (Å²) in [4.78, 5) is 0. The van der Waals surface area contributed by atoms with E-state index < -0.39 is 11.6 Å². The van der Waals surface area contributed by atoms with Crippen LogP contribution in [0, 0.1) is 23.5 Å². The zero-order chi connectivity index (χ0) is 16.2. The molecule has 1 nitrogen and oxygen atoms in total. The lowest BCUT2D eigenvalue weighted by Crippen LogP contribution is -1.90. The molecule has 0 bridgehead atoms. The normalized spacial score (nSPS) is 10.0. The van der Waals surface area contributed by atoms with Crippen LogP contribution in [0.15, 0.2) is 66.7 Å². The Morgan fingerprint density at radius 2 is 1.48 bits per heavy atom. The smallest absolute Gasteiger partial charge is 0.147 e. The summed E-state index contributed by atoms with van der Waals surface area (Å²) in [5.41, 5.74) is 7.91. The van der Waals surface area contributed by atoms with Crippen LogP contribution in [0.25, 0.3) is 11.1 Å². The first-order valence-electron chi connectivity index (χ1n) is 7.05. The molecule has 3 aromatic carbocycles. The number of rotatable bonds is 1. The molecule has 0 saturated heterocycles. The van der Waals surface area contributed by atoms with Gasteiger partial charge in [-0.3, -0.25) is 0 Å². The number of halogens is 2. The van der Waals surface area contributed by atoms with Crippen LogP contribution in [0.4, 0.5) is 14.5 Å². The molecule has 0 unspecified atom stereocenters. The van der Waals surface area contributed by atoms with Gasteiger partial charge in [-0.1, -0.05) is 48.2 Å². The summed E-state index contributed by atoms with van der Waals surface area (Å²) in [6.45, 7) is 0. The SMILES string of the molecule is Nc1ccc(C#Cc2ccc(-c3ccccc3)cc2F)cc1F. The molecule has 3 heteroatoms. The van der Waals surface area contributed by atoms with Gasteiger partial charge in [-0.15, -0.1) is 0 Å². The van der Waals surface area contributed by atoms with Crippen molar-refractivity contribution in [1.29, 1.82) is 0 Å². The first-order valence-corrected chi connectivity index (χ1v) is 7.05. The summed E-state index contributed by atoms with van der Waals surface area (Å²) >= 11 is 0. The molecule has 0 heterocycles. The molecule has 112 valence electrons. The van der Waals surface area contributed by atoms with Crippen molar-refractivity contribution < 1.29 is 8.78 Å². The van der Waals surface area contributed by atoms with Crippen molar-refractivity contribution in [2.24, 2.45) is 0 Å². The van der Waals surface area contributed by atoms with Crippen molar-refractivity contribution in [2.75, 3.05) is 5.73 Å². The van der Waals surface area contributed by atoms with Gasteiger partial charge in [0.2, 0.25) is 0 Å². The molecule has 0 amide bonds. The van der Waals surface area contributed by atoms with Crippen LogP contribution in [-0.4, -0.2) is 0 Å². The Hall–Kier alpha value is -3.12. The van der Waals surface area contributed by atoms with E-state index in [-0.39, 0.29) is 11.3 Å². The van der Waals surface area contributed by atoms with Gasteiger partial charge in [0.05, 0.1) is 11.3 Å². The number of nitrogen functional groups attached to an aromatic ring is 1. The monoisotopic (exact) mass is 305 g/mol. The highest BCUT2D eigenvalue weighted by Gasteiger charge is 2.03. The molecular formula is C20H13F2N. The molecule has 0 spiro atoms. The van der Waals surface area contributed by atoms with Gasteiger partial charge in [-0.25, -0.2) is 8.78 Å². The van der Waals surface area contributed by atoms with Crippen LogP contribution < -0.4 is 5.73 Å². The van der Waals surface area contributed by atoms with Gasteiger partial charge in [0.25, 0.3) is 0 Å². The van der Waals surface area contributed by atoms with Gasteiger partial charge >= 0.3 is 0 Å². The Morgan fingerprint density at radius 1 is 0.696 bits per heavy atom. The molecule has 3 rings (SSSR count). The second-order valence-corrected chi connectivity index (χ2v) is 5.05. The minimum atomic E-state index is -0.531. The quantitative estimate of drug-likeness (QED) is 0.515. The first-order chi connectivity index (χ1) is 11.1. The fraction of sp³-hybridized carbons (Fsp3) is 0. The van der Waals surface area contributed by atoms with Crippen LogP contribution in [0.3, 0.4) is 0 Å². The molecule has 0 aromatic heterocycles. The van der Waals surface area contributed by atoms with Gasteiger partial charge in [0.1, 0.15) is 11.6 Å². The zero-order valence-electron chi connectivity index (χ0n) is 12.2. The summed E-state index contributed by atoms with van der Waals surface area (Å²) in [5, 5.41) is 0. The molecular weight excluding hydrogens is 292 g/mol. The lowest BCUT2D eigenvalue weighted by Gasteiger charge is -2.02. The summed E-state index contributed by atoms with van der Waals surface area (Å²) in [5.74, 6) is 4.53. The van der Waals surface area contributed by atoms with Crippen molar-refractivity contribution in [1.82, 2.24) is 0 Å². The van der Waals surface area contributed by atoms with Crippen LogP contribution >= 0.6 is 0 Å². The van der Waals surface area contributed by atoms with E-state index in [9.17, 15) is 8.78 Å². The third-order valence-electron chi connectivity index (χ3n) is 3.42. The van der Waals surface area contributed by atoms with E-state index in [1.54, 1.807) is 12.1 Å². The number of benzene rings is 3. The fourth-order valence-electron chi connectivity index (χ4n) is 2.17. The highest BCUT2D eigenvalue weighted by Crippen LogP contribution is 2.21. The topological polar surface area (TPSA) is 26.0 Å². The second kappa shape index (κ2) is 6.33. The minimum Gasteiger partial charge on any atom is -0.396 e. The predicted octanol–water partition coefficient (Wildman–Crippen LogP) is 4.61. The first kappa shape index (κ1) is 14.8. The van der Waals surface area contributed by atoms with Crippen LogP contribution in [0.1, 0.15) is 11.1 Å². The van der Waals surface area contributed by atoms with E-state index in [1.165, 1.54) is 18.2 Å². The highest BCUT2D eigenvalue weighted by molar-refractivity contribution is 5.64. The Bertz CT molecular complexity index is 906. The number of nitrogens with two attached hydrogens (primary N) is 1. The third kappa shape index (κ3) is 3.38. The Balaban J connectivity index is 1.90. The van der Waals surface area contributed by atoms with Gasteiger partial charge < -0.3 is 5.73 Å². The molecule has 0 radical (unpaired) electrons. The van der Waals surface area contributed by atoms with Gasteiger partial charge in [0.15, 0.2) is 0 Å². The molecule has 23 heavy (non-hydrogen) atoms. The van der Waals surface area contributed by atoms with Crippen LogP contribution in [0.5, 0.6) is 0 Å². The van der Waals surface area contributed by atoms with Gasteiger partial charge in [0, 0.05) is 5.56 Å². The van der Waals surface area contributed by atoms with E-state index >= 15 is 0 Å². The van der Waals surface area contributed by atoms with Crippen molar-refractivity contribution in [2.45, 2.75) is 0 Å². The maximum atomic E-state index is 14.2. The average molecular weight is 305 g/mol. The van der Waals surface area contributed by atoms with Gasteiger partial charge in [-0.05, 0) is 41.5 Å². The second-order valence-electron chi connectivity index (χ2n) is 5.05. The third-order valence-corrected chi connectivity index (χ3v) is 3.42. The summed E-state index contributed by atoms with van der Waals surface area (Å²) in [7, 11) is 0. The molecule has 3 aromatic rings. The van der Waals surface area contributed by atoms with Crippen molar-refractivity contribution in [3.8, 4) is 23.0 Å². The number of hydrogen-bond acceptors (Lipinski definition) is 1. The van der Waals surface area contributed by atoms with Crippen LogP contribution in [0.2, 0.25) is 0 Å². The predicted molar refractivity (Wildman–Crippen MR) is 88.6 cm³/mol. The van der Waals surface area contributed by atoms with E-state index in [4.69, 9.17) is 5.73 Å². The molecule has 0 saturated carbocycles. The fourth-order valence-corrected chi connectivity index (χ4v) is 2.17. The summed E-state index contributed by atoms with van der Waals surface area (Å²) in [6.07, 6.45) is 0. The molecule has 0 aliphatic heterocycles. The molecule has 0 fully saturated rings. The Kier molecular flexibility index (Phi) is 4.07. The average Bonchev–Trinajstić information content (AvgIpc) is 2.57. The van der Waals surface area contributed by atoms with E-state index in [2.05, 4.69) is 11.8 Å². The number of anilines is 1. The van der Waals surface area contributed by atoms with Crippen LogP contribution in [-0.2, 0) is 0 Å². The van der Waals surface area contributed by atoms with Gasteiger partial charge in [-0.2, -0.15) is 0 Å². The van der Waals surface area contributed by atoms with E-state index in [1.807, 2.05) is 36.4 Å². The van der Waals surface area contributed by atoms with E-state index in [0.29, 0.717) is 5.56 Å². The molecule has 0 aliphatic carbocycles. The standard InChI is InChI=1S/C20H13F2N/c21-18-13-17(15-4-2-1-3-5-15)10-9-16(18)8-6-14-7-11-20(23)19(22)12-14/h1-5,7,9-13H,23H2. The highest BCUT2D eigenvalue weighted by atomic mass is 19.1. The van der Waals surface area contributed by atoms with Crippen molar-refractivity contribution in [3.63, 3.8) is 0 Å². The maximum Gasteiger partial charge on any atom is 0.147 e. The van der Waals surface area contributed by atoms with Crippen molar-refractivity contribution in [3.05, 3.63) is 89.5 Å². The van der Waals surface area contributed by atoms with E-state index in [0.717, 1.165) is 11.1 Å². The molecule has 0 aliphatic rings. The Labute approximate surface area is 133 Å². The van der Waals surface area contributed by atoms with Crippen molar-refractivity contribution >= 4 is 5.69 Å². The minimum absolute atomic E-state index is 0.0638. The largest absolute Gasteiger partial charge is 0.396 e. The number of hydrogen-bond donors (Lipinski definition) is 1.